The lowest BCUT2D eigenvalue weighted by Gasteiger charge is -2.20. The normalized spacial score (nSPS) is 15.7. The summed E-state index contributed by atoms with van der Waals surface area (Å²) in [5.74, 6) is 0.611. The molecule has 3 aromatic rings. The summed E-state index contributed by atoms with van der Waals surface area (Å²) in [6.45, 7) is 13.8. The zero-order valence-corrected chi connectivity index (χ0v) is 21.3. The fraction of sp³-hybridized carbons (Fsp3) is 0.462. The molecule has 1 aromatic carbocycles. The van der Waals surface area contributed by atoms with Crippen molar-refractivity contribution in [2.75, 3.05) is 13.2 Å². The van der Waals surface area contributed by atoms with E-state index in [1.54, 1.807) is 17.3 Å². The fourth-order valence-corrected chi connectivity index (χ4v) is 3.61. The number of nitrogens with zero attached hydrogens (tertiary/aromatic N) is 4. The Morgan fingerprint density at radius 1 is 0.971 bits per heavy atom. The highest BCUT2D eigenvalue weighted by atomic mass is 16.6. The molecular formula is C26H32N4O5. The molecule has 1 atom stereocenters. The van der Waals surface area contributed by atoms with Crippen LogP contribution in [0.15, 0.2) is 36.7 Å². The van der Waals surface area contributed by atoms with Crippen LogP contribution < -0.4 is 4.74 Å². The topological polar surface area (TPSA) is 95.6 Å². The van der Waals surface area contributed by atoms with E-state index >= 15 is 0 Å². The molecule has 1 fully saturated rings. The zero-order valence-electron chi connectivity index (χ0n) is 21.3. The van der Waals surface area contributed by atoms with Crippen LogP contribution in [0.25, 0.3) is 22.0 Å². The zero-order chi connectivity index (χ0) is 25.5. The summed E-state index contributed by atoms with van der Waals surface area (Å²) in [6.07, 6.45) is 2.56. The van der Waals surface area contributed by atoms with Gasteiger partial charge in [0.25, 0.3) is 0 Å². The molecular weight excluding hydrogens is 448 g/mol. The summed E-state index contributed by atoms with van der Waals surface area (Å²) in [5.41, 5.74) is 2.06. The lowest BCUT2D eigenvalue weighted by molar-refractivity contribution is 0.0397. The monoisotopic (exact) mass is 480 g/mol. The SMILES string of the molecule is Cc1nn(C(=O)OC(C)(C)C)c2ccc(-c3cncc(OC[C@H]4CN4C(=O)OC(C)(C)C)c3)cc12. The van der Waals surface area contributed by atoms with Crippen LogP contribution in [-0.4, -0.2) is 62.2 Å². The molecule has 35 heavy (non-hydrogen) atoms. The second kappa shape index (κ2) is 8.87. The van der Waals surface area contributed by atoms with Crippen LogP contribution in [-0.2, 0) is 9.47 Å². The number of hydrogen-bond acceptors (Lipinski definition) is 7. The van der Waals surface area contributed by atoms with Crippen LogP contribution in [0.2, 0.25) is 0 Å². The summed E-state index contributed by atoms with van der Waals surface area (Å²) in [6, 6.07) is 7.64. The van der Waals surface area contributed by atoms with E-state index in [-0.39, 0.29) is 12.1 Å². The maximum atomic E-state index is 12.6. The smallest absolute Gasteiger partial charge is 0.435 e. The molecule has 0 bridgehead atoms. The van der Waals surface area contributed by atoms with Crippen LogP contribution in [0.1, 0.15) is 47.2 Å². The third-order valence-corrected chi connectivity index (χ3v) is 5.26. The Labute approximate surface area is 205 Å². The van der Waals surface area contributed by atoms with E-state index < -0.39 is 17.3 Å². The fourth-order valence-electron chi connectivity index (χ4n) is 3.61. The van der Waals surface area contributed by atoms with Gasteiger partial charge in [-0.05, 0) is 72.2 Å². The largest absolute Gasteiger partial charge is 0.490 e. The number of ether oxygens (including phenoxy) is 3. The number of carbonyl (C=O) groups excluding carboxylic acids is 2. The Hall–Kier alpha value is -3.62. The van der Waals surface area contributed by atoms with Gasteiger partial charge in [0.15, 0.2) is 0 Å². The maximum Gasteiger partial charge on any atom is 0.435 e. The number of amides is 1. The highest BCUT2D eigenvalue weighted by Gasteiger charge is 2.41. The number of hydrogen-bond donors (Lipinski definition) is 0. The Morgan fingerprint density at radius 3 is 2.34 bits per heavy atom. The summed E-state index contributed by atoms with van der Waals surface area (Å²) in [5, 5.41) is 5.24. The van der Waals surface area contributed by atoms with Crippen molar-refractivity contribution in [1.29, 1.82) is 0 Å². The van der Waals surface area contributed by atoms with Crippen LogP contribution in [0.3, 0.4) is 0 Å². The highest BCUT2D eigenvalue weighted by molar-refractivity contribution is 5.92. The summed E-state index contributed by atoms with van der Waals surface area (Å²) >= 11 is 0. The predicted molar refractivity (Wildman–Crippen MR) is 132 cm³/mol. The van der Waals surface area contributed by atoms with Crippen molar-refractivity contribution in [1.82, 2.24) is 19.7 Å². The van der Waals surface area contributed by atoms with Crippen molar-refractivity contribution >= 4 is 23.1 Å². The third-order valence-electron chi connectivity index (χ3n) is 5.26. The van der Waals surface area contributed by atoms with Crippen LogP contribution >= 0.6 is 0 Å². The molecule has 9 nitrogen and oxygen atoms in total. The first kappa shape index (κ1) is 24.5. The molecule has 3 heterocycles. The minimum atomic E-state index is -0.611. The van der Waals surface area contributed by atoms with E-state index in [9.17, 15) is 9.59 Å². The van der Waals surface area contributed by atoms with Gasteiger partial charge in [-0.1, -0.05) is 6.07 Å². The third kappa shape index (κ3) is 5.90. The van der Waals surface area contributed by atoms with E-state index in [1.807, 2.05) is 72.7 Å². The Bertz CT molecular complexity index is 1270. The molecule has 9 heteroatoms. The Morgan fingerprint density at radius 2 is 1.66 bits per heavy atom. The Kier molecular flexibility index (Phi) is 6.21. The first-order chi connectivity index (χ1) is 16.3. The van der Waals surface area contributed by atoms with Crippen molar-refractivity contribution in [3.8, 4) is 16.9 Å². The van der Waals surface area contributed by atoms with Gasteiger partial charge in [0, 0.05) is 23.7 Å². The molecule has 1 aliphatic heterocycles. The van der Waals surface area contributed by atoms with Gasteiger partial charge in [-0.25, -0.2) is 9.59 Å². The van der Waals surface area contributed by atoms with Gasteiger partial charge in [0.1, 0.15) is 23.6 Å². The molecule has 0 radical (unpaired) electrons. The van der Waals surface area contributed by atoms with E-state index in [0.29, 0.717) is 24.4 Å². The van der Waals surface area contributed by atoms with E-state index in [1.165, 1.54) is 4.68 Å². The molecule has 0 aliphatic carbocycles. The summed E-state index contributed by atoms with van der Waals surface area (Å²) < 4.78 is 18.1. The van der Waals surface area contributed by atoms with Gasteiger partial charge in [-0.2, -0.15) is 9.78 Å². The van der Waals surface area contributed by atoms with Crippen molar-refractivity contribution < 1.29 is 23.8 Å². The van der Waals surface area contributed by atoms with Crippen molar-refractivity contribution in [3.05, 3.63) is 42.4 Å². The number of rotatable bonds is 4. The Balaban J connectivity index is 1.46. The average Bonchev–Trinajstić information content (AvgIpc) is 3.46. The van der Waals surface area contributed by atoms with Crippen molar-refractivity contribution in [2.24, 2.45) is 0 Å². The number of carbonyl (C=O) groups is 2. The number of benzene rings is 1. The maximum absolute atomic E-state index is 12.6. The van der Waals surface area contributed by atoms with Gasteiger partial charge in [-0.3, -0.25) is 9.88 Å². The number of fused-ring (bicyclic) bond motifs is 1. The number of pyridine rings is 1. The van der Waals surface area contributed by atoms with E-state index in [2.05, 4.69) is 10.1 Å². The molecule has 4 rings (SSSR count). The summed E-state index contributed by atoms with van der Waals surface area (Å²) in [7, 11) is 0. The first-order valence-corrected chi connectivity index (χ1v) is 11.6. The lowest BCUT2D eigenvalue weighted by atomic mass is 10.0. The van der Waals surface area contributed by atoms with Crippen molar-refractivity contribution in [3.63, 3.8) is 0 Å². The molecule has 1 amide bonds. The molecule has 1 saturated heterocycles. The minimum Gasteiger partial charge on any atom is -0.490 e. The molecule has 0 spiro atoms. The highest BCUT2D eigenvalue weighted by Crippen LogP contribution is 2.29. The van der Waals surface area contributed by atoms with Gasteiger partial charge >= 0.3 is 12.2 Å². The molecule has 186 valence electrons. The van der Waals surface area contributed by atoms with Gasteiger partial charge in [0.05, 0.1) is 23.4 Å². The van der Waals surface area contributed by atoms with Gasteiger partial charge in [-0.15, -0.1) is 0 Å². The molecule has 1 aliphatic rings. The predicted octanol–water partition coefficient (Wildman–Crippen LogP) is 5.19. The van der Waals surface area contributed by atoms with E-state index in [0.717, 1.165) is 22.2 Å². The quantitative estimate of drug-likeness (QED) is 0.474. The van der Waals surface area contributed by atoms with Crippen molar-refractivity contribution in [2.45, 2.75) is 65.7 Å². The van der Waals surface area contributed by atoms with Crippen LogP contribution in [0.5, 0.6) is 5.75 Å². The van der Waals surface area contributed by atoms with Crippen LogP contribution in [0.4, 0.5) is 9.59 Å². The standard InChI is InChI=1S/C26H32N4O5/c1-16-21-11-17(8-9-22(21)30(28-16)24(32)35-26(5,6)7)18-10-20(13-27-12-18)33-15-19-14-29(19)23(31)34-25(2,3)4/h8-13,19H,14-15H2,1-7H3/t19-,29?/m1/s1. The first-order valence-electron chi connectivity index (χ1n) is 11.6. The molecule has 0 saturated carbocycles. The lowest BCUT2D eigenvalue weighted by Crippen LogP contribution is -2.28. The van der Waals surface area contributed by atoms with Gasteiger partial charge in [0.2, 0.25) is 0 Å². The van der Waals surface area contributed by atoms with Crippen LogP contribution in [0, 0.1) is 6.92 Å². The number of aromatic nitrogens is 3. The molecule has 0 N–H and O–H groups in total. The minimum absolute atomic E-state index is 0.00815. The average molecular weight is 481 g/mol. The van der Waals surface area contributed by atoms with Gasteiger partial charge < -0.3 is 14.2 Å². The second-order valence-corrected chi connectivity index (χ2v) is 10.7. The summed E-state index contributed by atoms with van der Waals surface area (Å²) in [4.78, 5) is 30.7. The molecule has 0 unspecified atom stereocenters. The van der Waals surface area contributed by atoms with E-state index in [4.69, 9.17) is 14.2 Å². The number of aryl methyl sites for hydroxylation is 1. The second-order valence-electron chi connectivity index (χ2n) is 10.7. The molecule has 2 aromatic heterocycles.